The van der Waals surface area contributed by atoms with Crippen LogP contribution in [0, 0.1) is 0 Å². The molecule has 100 valence electrons. The minimum Gasteiger partial charge on any atom is -0.478 e. The highest BCUT2D eigenvalue weighted by molar-refractivity contribution is 5.69. The highest BCUT2D eigenvalue weighted by atomic mass is 16.5. The van der Waals surface area contributed by atoms with Gasteiger partial charge in [-0.05, 0) is 26.3 Å². The molecule has 1 heterocycles. The third kappa shape index (κ3) is 5.52. The number of rotatable bonds is 8. The van der Waals surface area contributed by atoms with Crippen LogP contribution in [0.5, 0.6) is 5.88 Å². The number of hydrogen-bond acceptors (Lipinski definition) is 5. The lowest BCUT2D eigenvalue weighted by Crippen LogP contribution is -2.09. The first kappa shape index (κ1) is 14.3. The average Bonchev–Trinajstić information content (AvgIpc) is 2.36. The second-order valence-electron chi connectivity index (χ2n) is 3.63. The minimum absolute atomic E-state index is 0.157. The van der Waals surface area contributed by atoms with Gasteiger partial charge in [0.2, 0.25) is 5.88 Å². The molecule has 0 unspecified atom stereocenters. The number of nitrogens with one attached hydrogen (secondary N) is 1. The van der Waals surface area contributed by atoms with Gasteiger partial charge in [-0.1, -0.05) is 6.07 Å². The predicted octanol–water partition coefficient (Wildman–Crippen LogP) is 2.24. The number of pyridine rings is 1. The number of ether oxygens (including phenoxy) is 2. The smallest absolute Gasteiger partial charge is 0.305 e. The Morgan fingerprint density at radius 2 is 2.17 bits per heavy atom. The second-order valence-corrected chi connectivity index (χ2v) is 3.63. The van der Waals surface area contributed by atoms with Gasteiger partial charge in [0.1, 0.15) is 5.82 Å². The molecular weight excluding hydrogens is 232 g/mol. The maximum Gasteiger partial charge on any atom is 0.305 e. The third-order valence-electron chi connectivity index (χ3n) is 2.18. The molecular formula is C13H20N2O3. The van der Waals surface area contributed by atoms with Crippen LogP contribution in [0.15, 0.2) is 18.2 Å². The van der Waals surface area contributed by atoms with Gasteiger partial charge in [0.15, 0.2) is 0 Å². The van der Waals surface area contributed by atoms with Gasteiger partial charge < -0.3 is 14.8 Å². The summed E-state index contributed by atoms with van der Waals surface area (Å²) in [6, 6.07) is 5.56. The van der Waals surface area contributed by atoms with E-state index < -0.39 is 0 Å². The molecule has 0 saturated carbocycles. The standard InChI is InChI=1S/C13H20N2O3/c1-3-17-12-8-5-7-11(15-12)14-10-6-9-13(16)18-4-2/h5,7-8H,3-4,6,9-10H2,1-2H3,(H,14,15). The van der Waals surface area contributed by atoms with Gasteiger partial charge in [-0.2, -0.15) is 4.98 Å². The Labute approximate surface area is 108 Å². The van der Waals surface area contributed by atoms with Crippen LogP contribution in [-0.2, 0) is 9.53 Å². The van der Waals surface area contributed by atoms with E-state index in [0.717, 1.165) is 12.2 Å². The van der Waals surface area contributed by atoms with E-state index in [2.05, 4.69) is 10.3 Å². The summed E-state index contributed by atoms with van der Waals surface area (Å²) >= 11 is 0. The number of carbonyl (C=O) groups excluding carboxylic acids is 1. The normalized spacial score (nSPS) is 9.89. The summed E-state index contributed by atoms with van der Waals surface area (Å²) in [6.45, 7) is 5.44. The van der Waals surface area contributed by atoms with Crippen LogP contribution in [0.25, 0.3) is 0 Å². The van der Waals surface area contributed by atoms with E-state index in [1.807, 2.05) is 25.1 Å². The van der Waals surface area contributed by atoms with Gasteiger partial charge in [0.05, 0.1) is 13.2 Å². The van der Waals surface area contributed by atoms with Crippen molar-refractivity contribution in [1.82, 2.24) is 4.98 Å². The Bertz CT molecular complexity index is 369. The zero-order valence-electron chi connectivity index (χ0n) is 10.9. The largest absolute Gasteiger partial charge is 0.478 e. The molecule has 5 heteroatoms. The van der Waals surface area contributed by atoms with Crippen molar-refractivity contribution >= 4 is 11.8 Å². The highest BCUT2D eigenvalue weighted by Gasteiger charge is 2.01. The lowest BCUT2D eigenvalue weighted by atomic mass is 10.3. The SMILES string of the molecule is CCOC(=O)CCCNc1cccc(OCC)n1. The van der Waals surface area contributed by atoms with E-state index in [0.29, 0.717) is 32.1 Å². The van der Waals surface area contributed by atoms with Crippen LogP contribution in [0.1, 0.15) is 26.7 Å². The molecule has 1 aromatic heterocycles. The van der Waals surface area contributed by atoms with E-state index in [4.69, 9.17) is 9.47 Å². The van der Waals surface area contributed by atoms with Gasteiger partial charge >= 0.3 is 5.97 Å². The molecule has 0 atom stereocenters. The van der Waals surface area contributed by atoms with Crippen molar-refractivity contribution in [2.45, 2.75) is 26.7 Å². The van der Waals surface area contributed by atoms with Gasteiger partial charge in [-0.3, -0.25) is 4.79 Å². The van der Waals surface area contributed by atoms with Gasteiger partial charge in [0.25, 0.3) is 0 Å². The van der Waals surface area contributed by atoms with Gasteiger partial charge in [0, 0.05) is 19.0 Å². The summed E-state index contributed by atoms with van der Waals surface area (Å²) in [5, 5.41) is 3.14. The Kier molecular flexibility index (Phi) is 6.61. The third-order valence-corrected chi connectivity index (χ3v) is 2.18. The molecule has 0 aromatic carbocycles. The molecule has 1 N–H and O–H groups in total. The number of esters is 1. The molecule has 0 fully saturated rings. The first-order valence-corrected chi connectivity index (χ1v) is 6.25. The maximum atomic E-state index is 11.1. The van der Waals surface area contributed by atoms with Crippen molar-refractivity contribution in [1.29, 1.82) is 0 Å². The molecule has 0 amide bonds. The van der Waals surface area contributed by atoms with Crippen molar-refractivity contribution in [2.75, 3.05) is 25.1 Å². The molecule has 5 nitrogen and oxygen atoms in total. The molecule has 0 bridgehead atoms. The molecule has 0 aliphatic carbocycles. The second kappa shape index (κ2) is 8.33. The number of hydrogen-bond donors (Lipinski definition) is 1. The van der Waals surface area contributed by atoms with Crippen LogP contribution in [-0.4, -0.2) is 30.7 Å². The molecule has 18 heavy (non-hydrogen) atoms. The number of nitrogens with zero attached hydrogens (tertiary/aromatic N) is 1. The van der Waals surface area contributed by atoms with E-state index >= 15 is 0 Å². The maximum absolute atomic E-state index is 11.1. The first-order chi connectivity index (χ1) is 8.76. The van der Waals surface area contributed by atoms with Crippen molar-refractivity contribution < 1.29 is 14.3 Å². The fourth-order valence-corrected chi connectivity index (χ4v) is 1.42. The summed E-state index contributed by atoms with van der Waals surface area (Å²) in [5.41, 5.74) is 0. The summed E-state index contributed by atoms with van der Waals surface area (Å²) in [4.78, 5) is 15.4. The first-order valence-electron chi connectivity index (χ1n) is 6.25. The fourth-order valence-electron chi connectivity index (χ4n) is 1.42. The number of aromatic nitrogens is 1. The van der Waals surface area contributed by atoms with Crippen molar-refractivity contribution in [2.24, 2.45) is 0 Å². The van der Waals surface area contributed by atoms with E-state index in [9.17, 15) is 4.79 Å². The quantitative estimate of drug-likeness (QED) is 0.568. The molecule has 0 aliphatic heterocycles. The molecule has 0 spiro atoms. The Morgan fingerprint density at radius 3 is 2.89 bits per heavy atom. The highest BCUT2D eigenvalue weighted by Crippen LogP contribution is 2.11. The number of anilines is 1. The number of carbonyl (C=O) groups is 1. The summed E-state index contributed by atoms with van der Waals surface area (Å²) in [6.07, 6.45) is 1.14. The zero-order valence-corrected chi connectivity index (χ0v) is 10.9. The zero-order chi connectivity index (χ0) is 13.2. The molecule has 0 radical (unpaired) electrons. The molecule has 0 aliphatic rings. The van der Waals surface area contributed by atoms with Crippen LogP contribution in [0.4, 0.5) is 5.82 Å². The van der Waals surface area contributed by atoms with E-state index in [-0.39, 0.29) is 5.97 Å². The lowest BCUT2D eigenvalue weighted by Gasteiger charge is -2.07. The fraction of sp³-hybridized carbons (Fsp3) is 0.538. The van der Waals surface area contributed by atoms with Crippen LogP contribution in [0.2, 0.25) is 0 Å². The average molecular weight is 252 g/mol. The van der Waals surface area contributed by atoms with E-state index in [1.54, 1.807) is 6.92 Å². The predicted molar refractivity (Wildman–Crippen MR) is 69.8 cm³/mol. The Morgan fingerprint density at radius 1 is 1.33 bits per heavy atom. The minimum atomic E-state index is -0.157. The lowest BCUT2D eigenvalue weighted by molar-refractivity contribution is -0.143. The van der Waals surface area contributed by atoms with Crippen LogP contribution in [0.3, 0.4) is 0 Å². The molecule has 0 saturated heterocycles. The van der Waals surface area contributed by atoms with Gasteiger partial charge in [-0.25, -0.2) is 0 Å². The Hall–Kier alpha value is -1.78. The monoisotopic (exact) mass is 252 g/mol. The van der Waals surface area contributed by atoms with E-state index in [1.165, 1.54) is 0 Å². The van der Waals surface area contributed by atoms with Crippen LogP contribution < -0.4 is 10.1 Å². The van der Waals surface area contributed by atoms with Crippen molar-refractivity contribution in [3.63, 3.8) is 0 Å². The Balaban J connectivity index is 2.26. The summed E-state index contributed by atoms with van der Waals surface area (Å²) in [7, 11) is 0. The van der Waals surface area contributed by atoms with Crippen LogP contribution >= 0.6 is 0 Å². The summed E-state index contributed by atoms with van der Waals surface area (Å²) < 4.78 is 10.1. The van der Waals surface area contributed by atoms with Crippen molar-refractivity contribution in [3.05, 3.63) is 18.2 Å². The van der Waals surface area contributed by atoms with Crippen molar-refractivity contribution in [3.8, 4) is 5.88 Å². The van der Waals surface area contributed by atoms with Gasteiger partial charge in [-0.15, -0.1) is 0 Å². The topological polar surface area (TPSA) is 60.5 Å². The molecule has 1 rings (SSSR count). The molecule has 1 aromatic rings. The summed E-state index contributed by atoms with van der Waals surface area (Å²) in [5.74, 6) is 1.20.